The molecule has 0 aliphatic rings. The average molecular weight is 815 g/mol. The molecule has 300 valence electrons. The van der Waals surface area contributed by atoms with Crippen molar-refractivity contribution in [1.29, 1.82) is 0 Å². The summed E-state index contributed by atoms with van der Waals surface area (Å²) < 4.78 is 2.44. The number of anilines is 3. The van der Waals surface area contributed by atoms with Crippen molar-refractivity contribution in [2.75, 3.05) is 4.90 Å². The molecule has 0 N–H and O–H groups in total. The van der Waals surface area contributed by atoms with Crippen molar-refractivity contribution in [3.05, 3.63) is 255 Å². The Morgan fingerprint density at radius 1 is 0.281 bits per heavy atom. The zero-order valence-electron chi connectivity index (χ0n) is 35.1. The van der Waals surface area contributed by atoms with Gasteiger partial charge in [0.25, 0.3) is 0 Å². The Balaban J connectivity index is 0.989. The first-order chi connectivity index (χ1) is 31.7. The lowest BCUT2D eigenvalue weighted by Gasteiger charge is -2.28. The molecule has 12 rings (SSSR count). The summed E-state index contributed by atoms with van der Waals surface area (Å²) in [5.74, 6) is 0. The molecule has 1 aromatic heterocycles. The van der Waals surface area contributed by atoms with Crippen molar-refractivity contribution in [3.63, 3.8) is 0 Å². The van der Waals surface area contributed by atoms with E-state index in [2.05, 4.69) is 264 Å². The highest BCUT2D eigenvalue weighted by Gasteiger charge is 2.20. The summed E-state index contributed by atoms with van der Waals surface area (Å²) in [6.45, 7) is 0. The molecule has 0 saturated heterocycles. The van der Waals surface area contributed by atoms with E-state index in [0.717, 1.165) is 28.3 Å². The highest BCUT2D eigenvalue weighted by Crippen LogP contribution is 2.44. The van der Waals surface area contributed by atoms with E-state index in [9.17, 15) is 0 Å². The maximum absolute atomic E-state index is 2.44. The second-order valence-electron chi connectivity index (χ2n) is 16.5. The number of hydrogen-bond acceptors (Lipinski definition) is 1. The number of para-hydroxylation sites is 2. The van der Waals surface area contributed by atoms with Gasteiger partial charge in [-0.3, -0.25) is 0 Å². The Kier molecular flexibility index (Phi) is 9.20. The van der Waals surface area contributed by atoms with Gasteiger partial charge in [-0.05, 0) is 115 Å². The van der Waals surface area contributed by atoms with Crippen LogP contribution in [0.2, 0.25) is 0 Å². The third kappa shape index (κ3) is 6.52. The molecule has 2 heteroatoms. The Labute approximate surface area is 373 Å². The quantitative estimate of drug-likeness (QED) is 0.139. The second kappa shape index (κ2) is 15.8. The van der Waals surface area contributed by atoms with Gasteiger partial charge in [-0.15, -0.1) is 0 Å². The molecule has 0 fully saturated rings. The van der Waals surface area contributed by atoms with Gasteiger partial charge in [0.1, 0.15) is 0 Å². The van der Waals surface area contributed by atoms with E-state index < -0.39 is 0 Å². The van der Waals surface area contributed by atoms with Gasteiger partial charge in [0.15, 0.2) is 0 Å². The molecule has 0 aliphatic carbocycles. The third-order valence-electron chi connectivity index (χ3n) is 12.8. The lowest BCUT2D eigenvalue weighted by atomic mass is 9.97. The van der Waals surface area contributed by atoms with E-state index in [-0.39, 0.29) is 0 Å². The first-order valence-electron chi connectivity index (χ1n) is 22.0. The van der Waals surface area contributed by atoms with Crippen LogP contribution in [0.3, 0.4) is 0 Å². The molecule has 0 atom stereocenters. The average Bonchev–Trinajstić information content (AvgIpc) is 3.72. The summed E-state index contributed by atoms with van der Waals surface area (Å²) in [4.78, 5) is 2.41. The van der Waals surface area contributed by atoms with Crippen molar-refractivity contribution in [1.82, 2.24) is 4.57 Å². The van der Waals surface area contributed by atoms with Crippen LogP contribution in [0.15, 0.2) is 255 Å². The fourth-order valence-corrected chi connectivity index (χ4v) is 9.74. The van der Waals surface area contributed by atoms with E-state index in [1.54, 1.807) is 0 Å². The van der Waals surface area contributed by atoms with Crippen LogP contribution in [0.5, 0.6) is 0 Å². The normalized spacial score (nSPS) is 11.4. The van der Waals surface area contributed by atoms with Crippen LogP contribution in [0.25, 0.3) is 93.5 Å². The summed E-state index contributed by atoms with van der Waals surface area (Å²) in [6.07, 6.45) is 0. The summed E-state index contributed by atoms with van der Waals surface area (Å²) in [5, 5.41) is 7.52. The van der Waals surface area contributed by atoms with Crippen molar-refractivity contribution in [2.24, 2.45) is 0 Å². The van der Waals surface area contributed by atoms with Crippen molar-refractivity contribution >= 4 is 60.4 Å². The van der Waals surface area contributed by atoms with E-state index >= 15 is 0 Å². The van der Waals surface area contributed by atoms with E-state index in [1.165, 1.54) is 82.3 Å². The van der Waals surface area contributed by atoms with E-state index in [0.29, 0.717) is 0 Å². The monoisotopic (exact) mass is 814 g/mol. The van der Waals surface area contributed by atoms with Gasteiger partial charge in [-0.1, -0.05) is 200 Å². The molecule has 11 aromatic carbocycles. The molecular formula is C62H42N2. The third-order valence-corrected chi connectivity index (χ3v) is 12.8. The van der Waals surface area contributed by atoms with Crippen LogP contribution >= 0.6 is 0 Å². The van der Waals surface area contributed by atoms with Gasteiger partial charge in [0, 0.05) is 33.4 Å². The molecule has 1 heterocycles. The minimum Gasteiger partial charge on any atom is -0.310 e. The molecular weight excluding hydrogens is 773 g/mol. The standard InChI is InChI=1S/C62H42N2/c1-3-15-43(16-4-1)44-29-31-45(32-30-44)46-35-37-51(38-36-46)63(59-26-11-9-23-56(59)47-17-5-2-6-18-47)52-21-13-20-49(41-52)57-25-14-28-61-62(57)58-24-10-12-27-60(58)64(61)53-39-40-55-50(42-53)34-33-48-19-7-8-22-54(48)55/h1-42H. The summed E-state index contributed by atoms with van der Waals surface area (Å²) >= 11 is 0. The van der Waals surface area contributed by atoms with Gasteiger partial charge in [-0.2, -0.15) is 0 Å². The zero-order chi connectivity index (χ0) is 42.4. The number of nitrogens with zero attached hydrogens (tertiary/aromatic N) is 2. The SMILES string of the molecule is c1ccc(-c2ccc(-c3ccc(N(c4cccc(-c5cccc6c5c5ccccc5n6-c5ccc6c(ccc7ccccc76)c5)c4)c4ccccc4-c4ccccc4)cc3)cc2)cc1. The van der Waals surface area contributed by atoms with Crippen LogP contribution in [0, 0.1) is 0 Å². The predicted molar refractivity (Wildman–Crippen MR) is 272 cm³/mol. The lowest BCUT2D eigenvalue weighted by molar-refractivity contribution is 1.19. The summed E-state index contributed by atoms with van der Waals surface area (Å²) in [5.41, 5.74) is 16.3. The lowest BCUT2D eigenvalue weighted by Crippen LogP contribution is -2.11. The van der Waals surface area contributed by atoms with Crippen LogP contribution in [0.1, 0.15) is 0 Å². The van der Waals surface area contributed by atoms with Crippen LogP contribution in [0.4, 0.5) is 17.1 Å². The Morgan fingerprint density at radius 3 is 1.61 bits per heavy atom. The molecule has 0 bridgehead atoms. The Hall–Kier alpha value is -8.46. The fraction of sp³-hybridized carbons (Fsp3) is 0. The van der Waals surface area contributed by atoms with Gasteiger partial charge in [0.2, 0.25) is 0 Å². The van der Waals surface area contributed by atoms with Crippen LogP contribution in [-0.2, 0) is 0 Å². The number of benzene rings is 11. The maximum atomic E-state index is 2.44. The topological polar surface area (TPSA) is 8.17 Å². The van der Waals surface area contributed by atoms with Crippen molar-refractivity contribution in [3.8, 4) is 50.2 Å². The van der Waals surface area contributed by atoms with Gasteiger partial charge < -0.3 is 9.47 Å². The second-order valence-corrected chi connectivity index (χ2v) is 16.5. The van der Waals surface area contributed by atoms with Gasteiger partial charge >= 0.3 is 0 Å². The first-order valence-corrected chi connectivity index (χ1v) is 22.0. The molecule has 64 heavy (non-hydrogen) atoms. The molecule has 0 unspecified atom stereocenters. The summed E-state index contributed by atoms with van der Waals surface area (Å²) in [7, 11) is 0. The molecule has 0 aliphatic heterocycles. The highest BCUT2D eigenvalue weighted by atomic mass is 15.1. The number of aromatic nitrogens is 1. The molecule has 12 aromatic rings. The molecule has 2 nitrogen and oxygen atoms in total. The number of fused-ring (bicyclic) bond motifs is 6. The highest BCUT2D eigenvalue weighted by molar-refractivity contribution is 6.16. The van der Waals surface area contributed by atoms with E-state index in [1.807, 2.05) is 0 Å². The van der Waals surface area contributed by atoms with Crippen molar-refractivity contribution < 1.29 is 0 Å². The van der Waals surface area contributed by atoms with Gasteiger partial charge in [-0.25, -0.2) is 0 Å². The smallest absolute Gasteiger partial charge is 0.0547 e. The van der Waals surface area contributed by atoms with Crippen molar-refractivity contribution in [2.45, 2.75) is 0 Å². The van der Waals surface area contributed by atoms with Crippen LogP contribution < -0.4 is 4.90 Å². The number of hydrogen-bond donors (Lipinski definition) is 0. The molecule has 0 amide bonds. The minimum atomic E-state index is 1.09. The summed E-state index contributed by atoms with van der Waals surface area (Å²) in [6, 6.07) is 92.6. The Bertz CT molecular complexity index is 3640. The Morgan fingerprint density at radius 2 is 0.828 bits per heavy atom. The van der Waals surface area contributed by atoms with Crippen LogP contribution in [-0.4, -0.2) is 4.57 Å². The number of rotatable bonds is 8. The minimum absolute atomic E-state index is 1.09. The molecule has 0 radical (unpaired) electrons. The molecule has 0 saturated carbocycles. The van der Waals surface area contributed by atoms with Gasteiger partial charge in [0.05, 0.1) is 16.7 Å². The maximum Gasteiger partial charge on any atom is 0.0547 e. The first kappa shape index (κ1) is 37.3. The van der Waals surface area contributed by atoms with E-state index in [4.69, 9.17) is 0 Å². The zero-order valence-corrected chi connectivity index (χ0v) is 35.1. The predicted octanol–water partition coefficient (Wildman–Crippen LogP) is 17.2. The largest absolute Gasteiger partial charge is 0.310 e. The fourth-order valence-electron chi connectivity index (χ4n) is 9.74. The molecule has 0 spiro atoms.